The Bertz CT molecular complexity index is 428. The zero-order valence-electron chi connectivity index (χ0n) is 12.8. The first-order chi connectivity index (χ1) is 10.2. The summed E-state index contributed by atoms with van der Waals surface area (Å²) < 4.78 is 5.64. The number of ether oxygens (including phenoxy) is 1. The van der Waals surface area contributed by atoms with E-state index in [1.807, 2.05) is 37.4 Å². The Balaban J connectivity index is 1.70. The smallest absolute Gasteiger partial charge is 0.225 e. The highest BCUT2D eigenvalue weighted by Crippen LogP contribution is 2.29. The van der Waals surface area contributed by atoms with Gasteiger partial charge in [0.15, 0.2) is 0 Å². The van der Waals surface area contributed by atoms with E-state index in [1.54, 1.807) is 4.90 Å². The molecule has 1 amide bonds. The summed E-state index contributed by atoms with van der Waals surface area (Å²) >= 11 is 0. The van der Waals surface area contributed by atoms with Gasteiger partial charge in [-0.3, -0.25) is 4.79 Å². The number of hydrogen-bond acceptors (Lipinski definition) is 3. The van der Waals surface area contributed by atoms with Gasteiger partial charge in [0.25, 0.3) is 0 Å². The topological polar surface area (TPSA) is 55.6 Å². The van der Waals surface area contributed by atoms with Crippen molar-refractivity contribution in [3.8, 4) is 5.75 Å². The van der Waals surface area contributed by atoms with Crippen molar-refractivity contribution in [3.05, 3.63) is 30.3 Å². The van der Waals surface area contributed by atoms with E-state index in [4.69, 9.17) is 10.5 Å². The summed E-state index contributed by atoms with van der Waals surface area (Å²) in [6, 6.07) is 9.70. The van der Waals surface area contributed by atoms with Gasteiger partial charge >= 0.3 is 0 Å². The van der Waals surface area contributed by atoms with Crippen LogP contribution >= 0.6 is 0 Å². The second-order valence-corrected chi connectivity index (χ2v) is 5.87. The van der Waals surface area contributed by atoms with Crippen LogP contribution in [-0.4, -0.2) is 37.6 Å². The van der Waals surface area contributed by atoms with Gasteiger partial charge in [-0.15, -0.1) is 0 Å². The van der Waals surface area contributed by atoms with Crippen LogP contribution in [0.2, 0.25) is 0 Å². The number of amides is 1. The molecule has 0 aliphatic heterocycles. The van der Waals surface area contributed by atoms with Crippen LogP contribution in [0.4, 0.5) is 0 Å². The zero-order valence-corrected chi connectivity index (χ0v) is 12.8. The van der Waals surface area contributed by atoms with Crippen molar-refractivity contribution in [2.24, 2.45) is 17.6 Å². The lowest BCUT2D eigenvalue weighted by atomic mass is 9.81. The molecule has 0 radical (unpaired) electrons. The Morgan fingerprint density at radius 3 is 2.52 bits per heavy atom. The predicted molar refractivity (Wildman–Crippen MR) is 84.1 cm³/mol. The first-order valence-corrected chi connectivity index (χ1v) is 7.83. The molecule has 1 aromatic rings. The van der Waals surface area contributed by atoms with E-state index >= 15 is 0 Å². The van der Waals surface area contributed by atoms with E-state index in [9.17, 15) is 4.79 Å². The molecule has 0 unspecified atom stereocenters. The average Bonchev–Trinajstić information content (AvgIpc) is 2.55. The van der Waals surface area contributed by atoms with E-state index in [2.05, 4.69) is 0 Å². The quantitative estimate of drug-likeness (QED) is 0.874. The summed E-state index contributed by atoms with van der Waals surface area (Å²) in [7, 11) is 1.87. The molecule has 0 aromatic heterocycles. The van der Waals surface area contributed by atoms with Crippen LogP contribution < -0.4 is 10.5 Å². The lowest BCUT2D eigenvalue weighted by Gasteiger charge is -2.30. The minimum Gasteiger partial charge on any atom is -0.492 e. The lowest BCUT2D eigenvalue weighted by Crippen LogP contribution is -2.37. The van der Waals surface area contributed by atoms with Crippen LogP contribution in [0.15, 0.2) is 30.3 Å². The predicted octanol–water partition coefficient (Wildman–Crippen LogP) is 2.29. The van der Waals surface area contributed by atoms with Gasteiger partial charge in [0.2, 0.25) is 5.91 Å². The molecule has 21 heavy (non-hydrogen) atoms. The number of rotatable bonds is 6. The maximum atomic E-state index is 12.4. The maximum absolute atomic E-state index is 12.4. The highest BCUT2D eigenvalue weighted by atomic mass is 16.5. The Labute approximate surface area is 127 Å². The molecule has 1 aliphatic rings. The first kappa shape index (κ1) is 15.8. The van der Waals surface area contributed by atoms with Gasteiger partial charge in [0, 0.05) is 13.0 Å². The molecule has 1 aromatic carbocycles. The first-order valence-electron chi connectivity index (χ1n) is 7.83. The normalized spacial score (nSPS) is 21.8. The number of carbonyl (C=O) groups is 1. The number of para-hydroxylation sites is 1. The van der Waals surface area contributed by atoms with E-state index in [-0.39, 0.29) is 11.8 Å². The lowest BCUT2D eigenvalue weighted by molar-refractivity contribution is -0.135. The Hall–Kier alpha value is -1.55. The van der Waals surface area contributed by atoms with Crippen LogP contribution in [0.5, 0.6) is 5.75 Å². The molecule has 2 N–H and O–H groups in total. The number of benzene rings is 1. The zero-order chi connectivity index (χ0) is 15.1. The van der Waals surface area contributed by atoms with Crippen molar-refractivity contribution >= 4 is 5.91 Å². The number of nitrogens with two attached hydrogens (primary N) is 1. The molecule has 2 rings (SSSR count). The minimum atomic E-state index is 0.175. The van der Waals surface area contributed by atoms with Crippen molar-refractivity contribution < 1.29 is 9.53 Å². The summed E-state index contributed by atoms with van der Waals surface area (Å²) in [5, 5.41) is 0. The Morgan fingerprint density at radius 2 is 1.90 bits per heavy atom. The highest BCUT2D eigenvalue weighted by Gasteiger charge is 2.27. The number of likely N-dealkylation sites (N-methyl/N-ethyl adjacent to an activating group) is 1. The largest absolute Gasteiger partial charge is 0.492 e. The fourth-order valence-corrected chi connectivity index (χ4v) is 2.88. The SMILES string of the molecule is CN(CCOc1ccccc1)C(=O)C1CCC(CN)CC1. The second-order valence-electron chi connectivity index (χ2n) is 5.87. The number of hydrogen-bond donors (Lipinski definition) is 1. The molecular weight excluding hydrogens is 264 g/mol. The van der Waals surface area contributed by atoms with Crippen molar-refractivity contribution in [1.82, 2.24) is 4.90 Å². The van der Waals surface area contributed by atoms with Crippen LogP contribution in [0.25, 0.3) is 0 Å². The van der Waals surface area contributed by atoms with Crippen LogP contribution in [0.1, 0.15) is 25.7 Å². The average molecular weight is 290 g/mol. The van der Waals surface area contributed by atoms with Gasteiger partial charge in [-0.05, 0) is 50.3 Å². The molecule has 1 fully saturated rings. The maximum Gasteiger partial charge on any atom is 0.225 e. The number of carbonyl (C=O) groups excluding carboxylic acids is 1. The van der Waals surface area contributed by atoms with E-state index < -0.39 is 0 Å². The highest BCUT2D eigenvalue weighted by molar-refractivity contribution is 5.78. The number of nitrogens with zero attached hydrogens (tertiary/aromatic N) is 1. The third kappa shape index (κ3) is 4.74. The Morgan fingerprint density at radius 1 is 1.24 bits per heavy atom. The molecule has 0 saturated heterocycles. The van der Waals surface area contributed by atoms with Crippen molar-refractivity contribution in [2.45, 2.75) is 25.7 Å². The molecular formula is C17H26N2O2. The van der Waals surface area contributed by atoms with Gasteiger partial charge in [0.05, 0.1) is 6.54 Å². The third-order valence-corrected chi connectivity index (χ3v) is 4.34. The van der Waals surface area contributed by atoms with Crippen LogP contribution in [0.3, 0.4) is 0 Å². The molecule has 0 spiro atoms. The molecule has 0 heterocycles. The van der Waals surface area contributed by atoms with E-state index in [0.717, 1.165) is 38.0 Å². The van der Waals surface area contributed by atoms with Gasteiger partial charge in [0.1, 0.15) is 12.4 Å². The summed E-state index contributed by atoms with van der Waals surface area (Å²) in [4.78, 5) is 14.2. The summed E-state index contributed by atoms with van der Waals surface area (Å²) in [5.41, 5.74) is 5.69. The summed E-state index contributed by atoms with van der Waals surface area (Å²) in [5.74, 6) is 1.89. The molecule has 0 atom stereocenters. The molecule has 1 aliphatic carbocycles. The molecule has 116 valence electrons. The van der Waals surface area contributed by atoms with Crippen molar-refractivity contribution in [3.63, 3.8) is 0 Å². The van der Waals surface area contributed by atoms with E-state index in [0.29, 0.717) is 19.1 Å². The second kappa shape index (κ2) is 8.03. The fourth-order valence-electron chi connectivity index (χ4n) is 2.88. The minimum absolute atomic E-state index is 0.175. The van der Waals surface area contributed by atoms with Crippen molar-refractivity contribution in [1.29, 1.82) is 0 Å². The summed E-state index contributed by atoms with van der Waals surface area (Å²) in [6.07, 6.45) is 4.12. The molecule has 4 heteroatoms. The third-order valence-electron chi connectivity index (χ3n) is 4.34. The van der Waals surface area contributed by atoms with Gasteiger partial charge in [-0.25, -0.2) is 0 Å². The van der Waals surface area contributed by atoms with Gasteiger partial charge < -0.3 is 15.4 Å². The van der Waals surface area contributed by atoms with Crippen LogP contribution in [-0.2, 0) is 4.79 Å². The van der Waals surface area contributed by atoms with Crippen molar-refractivity contribution in [2.75, 3.05) is 26.7 Å². The van der Waals surface area contributed by atoms with E-state index in [1.165, 1.54) is 0 Å². The fraction of sp³-hybridized carbons (Fsp3) is 0.588. The van der Waals surface area contributed by atoms with Gasteiger partial charge in [-0.2, -0.15) is 0 Å². The monoisotopic (exact) mass is 290 g/mol. The summed E-state index contributed by atoms with van der Waals surface area (Å²) in [6.45, 7) is 1.91. The van der Waals surface area contributed by atoms with Gasteiger partial charge in [-0.1, -0.05) is 18.2 Å². The molecule has 0 bridgehead atoms. The Kier molecular flexibility index (Phi) is 6.05. The molecule has 1 saturated carbocycles. The molecule has 4 nitrogen and oxygen atoms in total. The standard InChI is InChI=1S/C17H26N2O2/c1-19(11-12-21-16-5-3-2-4-6-16)17(20)15-9-7-14(13-18)8-10-15/h2-6,14-15H,7-13,18H2,1H3. The van der Waals surface area contributed by atoms with Crippen LogP contribution in [0, 0.1) is 11.8 Å².